The molecule has 0 aliphatic rings. The Labute approximate surface area is 221 Å². The standard InChI is InChI=1S/C28H45N3O6/c1-8-10-11-12-13-18-31(26(34)20(3)30-27(35)37-28(4,5)6)24(25(33)29-19-23(32)36-7)22-16-14-21(9-2)15-17-22/h14-17,20,24H,8-13,18-19H2,1-7H3,(H,29,33)(H,30,35). The van der Waals surface area contributed by atoms with Crippen LogP contribution >= 0.6 is 0 Å². The van der Waals surface area contributed by atoms with E-state index in [1.807, 2.05) is 31.2 Å². The maximum absolute atomic E-state index is 13.7. The van der Waals surface area contributed by atoms with E-state index >= 15 is 0 Å². The third-order valence-corrected chi connectivity index (χ3v) is 5.79. The first-order valence-corrected chi connectivity index (χ1v) is 13.2. The molecule has 0 fully saturated rings. The summed E-state index contributed by atoms with van der Waals surface area (Å²) in [7, 11) is 1.24. The van der Waals surface area contributed by atoms with Crippen LogP contribution in [0, 0.1) is 0 Å². The van der Waals surface area contributed by atoms with Gasteiger partial charge in [0.05, 0.1) is 7.11 Å². The fourth-order valence-corrected chi connectivity index (χ4v) is 3.78. The highest BCUT2D eigenvalue weighted by Crippen LogP contribution is 2.24. The summed E-state index contributed by atoms with van der Waals surface area (Å²) in [5.41, 5.74) is 0.990. The number of amides is 3. The monoisotopic (exact) mass is 519 g/mol. The van der Waals surface area contributed by atoms with Crippen LogP contribution < -0.4 is 10.6 Å². The summed E-state index contributed by atoms with van der Waals surface area (Å²) in [6.45, 7) is 10.9. The molecule has 1 aromatic rings. The van der Waals surface area contributed by atoms with E-state index in [0.717, 1.165) is 37.7 Å². The molecule has 0 saturated heterocycles. The highest BCUT2D eigenvalue weighted by atomic mass is 16.6. The first-order chi connectivity index (χ1) is 17.4. The number of aryl methyl sites for hydroxylation is 1. The van der Waals surface area contributed by atoms with Crippen LogP contribution in [-0.4, -0.2) is 60.6 Å². The third kappa shape index (κ3) is 11.7. The van der Waals surface area contributed by atoms with Gasteiger partial charge in [-0.2, -0.15) is 0 Å². The molecule has 0 spiro atoms. The van der Waals surface area contributed by atoms with Crippen LogP contribution in [0.3, 0.4) is 0 Å². The Hall–Kier alpha value is -3.10. The Bertz CT molecular complexity index is 879. The van der Waals surface area contributed by atoms with Gasteiger partial charge in [-0.05, 0) is 51.7 Å². The molecule has 37 heavy (non-hydrogen) atoms. The molecule has 2 atom stereocenters. The number of nitrogens with zero attached hydrogens (tertiary/aromatic N) is 1. The summed E-state index contributed by atoms with van der Waals surface area (Å²) in [6, 6.07) is 5.56. The average molecular weight is 520 g/mol. The van der Waals surface area contributed by atoms with E-state index in [1.165, 1.54) is 12.0 Å². The number of carbonyl (C=O) groups is 4. The Kier molecular flexibility index (Phi) is 13.7. The van der Waals surface area contributed by atoms with Crippen LogP contribution in [0.15, 0.2) is 24.3 Å². The normalized spacial score (nSPS) is 12.7. The Morgan fingerprint density at radius 3 is 2.14 bits per heavy atom. The van der Waals surface area contributed by atoms with Crippen LogP contribution in [0.5, 0.6) is 0 Å². The minimum atomic E-state index is -0.989. The van der Waals surface area contributed by atoms with Crippen molar-refractivity contribution in [3.63, 3.8) is 0 Å². The van der Waals surface area contributed by atoms with Crippen LogP contribution in [0.25, 0.3) is 0 Å². The molecule has 0 saturated carbocycles. The van der Waals surface area contributed by atoms with Crippen LogP contribution in [-0.2, 0) is 30.3 Å². The van der Waals surface area contributed by atoms with Crippen molar-refractivity contribution in [1.29, 1.82) is 0 Å². The lowest BCUT2D eigenvalue weighted by atomic mass is 10.00. The van der Waals surface area contributed by atoms with Crippen molar-refractivity contribution < 1.29 is 28.7 Å². The number of methoxy groups -OCH3 is 1. The first kappa shape index (κ1) is 31.9. The summed E-state index contributed by atoms with van der Waals surface area (Å²) in [5.74, 6) is -1.51. The molecule has 0 radical (unpaired) electrons. The Morgan fingerprint density at radius 2 is 1.59 bits per heavy atom. The maximum Gasteiger partial charge on any atom is 0.408 e. The zero-order valence-electron chi connectivity index (χ0n) is 23.5. The van der Waals surface area contributed by atoms with E-state index in [-0.39, 0.29) is 6.54 Å². The van der Waals surface area contributed by atoms with E-state index in [2.05, 4.69) is 22.3 Å². The van der Waals surface area contributed by atoms with Crippen molar-refractivity contribution in [1.82, 2.24) is 15.5 Å². The fraction of sp³-hybridized carbons (Fsp3) is 0.643. The Morgan fingerprint density at radius 1 is 0.973 bits per heavy atom. The molecular formula is C28H45N3O6. The molecule has 2 N–H and O–H groups in total. The number of rotatable bonds is 14. The molecule has 1 aromatic carbocycles. The summed E-state index contributed by atoms with van der Waals surface area (Å²) in [4.78, 5) is 52.6. The number of alkyl carbamates (subject to hydrolysis) is 1. The van der Waals surface area contributed by atoms with Crippen LogP contribution in [0.4, 0.5) is 4.79 Å². The number of hydrogen-bond donors (Lipinski definition) is 2. The number of unbranched alkanes of at least 4 members (excludes halogenated alkanes) is 4. The van der Waals surface area contributed by atoms with Gasteiger partial charge >= 0.3 is 12.1 Å². The number of esters is 1. The summed E-state index contributed by atoms with van der Waals surface area (Å²) >= 11 is 0. The van der Waals surface area contributed by atoms with E-state index in [0.29, 0.717) is 18.5 Å². The molecule has 0 aliphatic carbocycles. The number of benzene rings is 1. The Balaban J connectivity index is 3.30. The number of nitrogens with one attached hydrogen (secondary N) is 2. The van der Waals surface area contributed by atoms with Crippen molar-refractivity contribution in [3.8, 4) is 0 Å². The van der Waals surface area contributed by atoms with E-state index in [9.17, 15) is 19.2 Å². The molecule has 2 unspecified atom stereocenters. The second kappa shape index (κ2) is 15.9. The summed E-state index contributed by atoms with van der Waals surface area (Å²) in [6.07, 6.45) is 4.91. The molecular weight excluding hydrogens is 474 g/mol. The molecule has 0 aromatic heterocycles. The van der Waals surface area contributed by atoms with Crippen molar-refractivity contribution in [3.05, 3.63) is 35.4 Å². The number of carbonyl (C=O) groups excluding carboxylic acids is 4. The van der Waals surface area contributed by atoms with Crippen molar-refractivity contribution in [2.24, 2.45) is 0 Å². The first-order valence-electron chi connectivity index (χ1n) is 13.2. The largest absolute Gasteiger partial charge is 0.468 e. The lowest BCUT2D eigenvalue weighted by Gasteiger charge is -2.33. The van der Waals surface area contributed by atoms with Gasteiger partial charge in [-0.3, -0.25) is 14.4 Å². The minimum absolute atomic E-state index is 0.314. The quantitative estimate of drug-likeness (QED) is 0.280. The second-order valence-corrected chi connectivity index (χ2v) is 10.1. The van der Waals surface area contributed by atoms with E-state index in [1.54, 1.807) is 27.7 Å². The number of hydrogen-bond acceptors (Lipinski definition) is 6. The van der Waals surface area contributed by atoms with Crippen LogP contribution in [0.2, 0.25) is 0 Å². The predicted molar refractivity (Wildman–Crippen MR) is 143 cm³/mol. The van der Waals surface area contributed by atoms with Crippen LogP contribution in [0.1, 0.15) is 90.8 Å². The SMILES string of the molecule is CCCCCCCN(C(=O)C(C)NC(=O)OC(C)(C)C)C(C(=O)NCC(=O)OC)c1ccc(CC)cc1. The van der Waals surface area contributed by atoms with Crippen molar-refractivity contribution >= 4 is 23.9 Å². The van der Waals surface area contributed by atoms with E-state index in [4.69, 9.17) is 4.74 Å². The van der Waals surface area contributed by atoms with Gasteiger partial charge in [0.25, 0.3) is 0 Å². The zero-order chi connectivity index (χ0) is 28.0. The van der Waals surface area contributed by atoms with Gasteiger partial charge in [0, 0.05) is 6.54 Å². The average Bonchev–Trinajstić information content (AvgIpc) is 2.84. The zero-order valence-corrected chi connectivity index (χ0v) is 23.5. The topological polar surface area (TPSA) is 114 Å². The molecule has 3 amide bonds. The molecule has 0 heterocycles. The van der Waals surface area contributed by atoms with E-state index < -0.39 is 41.6 Å². The van der Waals surface area contributed by atoms with Gasteiger partial charge in [0.15, 0.2) is 0 Å². The van der Waals surface area contributed by atoms with Gasteiger partial charge in [-0.1, -0.05) is 63.8 Å². The summed E-state index contributed by atoms with van der Waals surface area (Å²) in [5, 5.41) is 5.19. The maximum atomic E-state index is 13.7. The molecule has 208 valence electrons. The lowest BCUT2D eigenvalue weighted by molar-refractivity contribution is -0.144. The van der Waals surface area contributed by atoms with Gasteiger partial charge in [-0.15, -0.1) is 0 Å². The summed E-state index contributed by atoms with van der Waals surface area (Å²) < 4.78 is 9.96. The molecule has 9 nitrogen and oxygen atoms in total. The van der Waals surface area contributed by atoms with Gasteiger partial charge in [0.2, 0.25) is 11.8 Å². The predicted octanol–water partition coefficient (Wildman–Crippen LogP) is 4.29. The second-order valence-electron chi connectivity index (χ2n) is 10.1. The molecule has 0 aliphatic heterocycles. The highest BCUT2D eigenvalue weighted by molar-refractivity contribution is 5.93. The molecule has 9 heteroatoms. The van der Waals surface area contributed by atoms with Crippen molar-refractivity contribution in [2.45, 2.75) is 97.8 Å². The lowest BCUT2D eigenvalue weighted by Crippen LogP contribution is -2.52. The highest BCUT2D eigenvalue weighted by Gasteiger charge is 2.34. The number of ether oxygens (including phenoxy) is 2. The van der Waals surface area contributed by atoms with Crippen molar-refractivity contribution in [2.75, 3.05) is 20.2 Å². The van der Waals surface area contributed by atoms with Gasteiger partial charge in [-0.25, -0.2) is 4.79 Å². The third-order valence-electron chi connectivity index (χ3n) is 5.79. The smallest absolute Gasteiger partial charge is 0.408 e. The molecule has 1 rings (SSSR count). The fourth-order valence-electron chi connectivity index (χ4n) is 3.78. The molecule has 0 bridgehead atoms. The van der Waals surface area contributed by atoms with Gasteiger partial charge < -0.3 is 25.0 Å². The van der Waals surface area contributed by atoms with Gasteiger partial charge in [0.1, 0.15) is 24.2 Å². The minimum Gasteiger partial charge on any atom is -0.468 e.